The number of nitro groups is 1. The minimum Gasteiger partial charge on any atom is -0.489 e. The minimum absolute atomic E-state index is 0.0231. The number of amides is 1. The molecule has 2 aromatic heterocycles. The van der Waals surface area contributed by atoms with Crippen molar-refractivity contribution in [2.75, 3.05) is 63.3 Å². The second-order valence-corrected chi connectivity index (χ2v) is 22.8. The van der Waals surface area contributed by atoms with Crippen LogP contribution in [0, 0.1) is 27.3 Å². The third-order valence-electron chi connectivity index (χ3n) is 15.9. The van der Waals surface area contributed by atoms with E-state index in [0.717, 1.165) is 63.0 Å². The van der Waals surface area contributed by atoms with Crippen LogP contribution in [-0.2, 0) is 14.8 Å². The van der Waals surface area contributed by atoms with Crippen LogP contribution >= 0.6 is 0 Å². The molecule has 5 heterocycles. The van der Waals surface area contributed by atoms with Gasteiger partial charge in [0.2, 0.25) is 0 Å². The number of likely N-dealkylation sites (tertiary alicyclic amines) is 1. The van der Waals surface area contributed by atoms with Crippen LogP contribution in [0.4, 0.5) is 21.5 Å². The number of hydrogen-bond donors (Lipinski definition) is 4. The molecular formula is C53H64FN7O10S. The zero-order valence-electron chi connectivity index (χ0n) is 41.2. The smallest absolute Gasteiger partial charge is 0.297 e. The number of halogens is 1. The Morgan fingerprint density at radius 1 is 1.03 bits per heavy atom. The number of sulfonamides is 1. The van der Waals surface area contributed by atoms with Crippen molar-refractivity contribution in [3.8, 4) is 23.1 Å². The van der Waals surface area contributed by atoms with Crippen LogP contribution in [0.25, 0.3) is 11.0 Å². The first-order valence-electron chi connectivity index (χ1n) is 25.2. The number of aromatic amines is 1. The number of benzene rings is 3. The van der Waals surface area contributed by atoms with Gasteiger partial charge in [0, 0.05) is 75.5 Å². The van der Waals surface area contributed by atoms with Crippen LogP contribution in [-0.4, -0.2) is 110 Å². The summed E-state index contributed by atoms with van der Waals surface area (Å²) in [6.45, 7) is 10.3. The Morgan fingerprint density at radius 3 is 2.53 bits per heavy atom. The summed E-state index contributed by atoms with van der Waals surface area (Å²) >= 11 is 0. The van der Waals surface area contributed by atoms with Gasteiger partial charge in [-0.25, -0.2) is 17.5 Å². The molecule has 2 saturated carbocycles. The molecular weight excluding hydrogens is 946 g/mol. The monoisotopic (exact) mass is 1010 g/mol. The number of hydrogen-bond acceptors (Lipinski definition) is 14. The number of rotatable bonds is 15. The van der Waals surface area contributed by atoms with Crippen LogP contribution in [0.3, 0.4) is 0 Å². The second-order valence-electron chi connectivity index (χ2n) is 21.1. The maximum atomic E-state index is 15.0. The van der Waals surface area contributed by atoms with Gasteiger partial charge < -0.3 is 39.3 Å². The molecule has 2 aliphatic carbocycles. The molecule has 4 N–H and O–H groups in total. The van der Waals surface area contributed by atoms with Crippen molar-refractivity contribution in [3.63, 3.8) is 0 Å². The number of carbonyl (C=O) groups excluding carboxylic acids is 1. The van der Waals surface area contributed by atoms with E-state index in [4.69, 9.17) is 18.9 Å². The van der Waals surface area contributed by atoms with Crippen LogP contribution in [0.15, 0.2) is 71.8 Å². The quantitative estimate of drug-likeness (QED) is 0.0438. The molecule has 1 amide bonds. The van der Waals surface area contributed by atoms with Crippen LogP contribution in [0.2, 0.25) is 0 Å². The van der Waals surface area contributed by atoms with Gasteiger partial charge in [-0.2, -0.15) is 4.98 Å². The highest BCUT2D eigenvalue weighted by Gasteiger charge is 2.49. The number of H-pyrrole nitrogens is 1. The number of piperidine rings is 1. The number of carbonyl (C=O) groups is 1. The van der Waals surface area contributed by atoms with Crippen molar-refractivity contribution < 1.29 is 46.6 Å². The van der Waals surface area contributed by atoms with Gasteiger partial charge in [-0.05, 0) is 105 Å². The van der Waals surface area contributed by atoms with E-state index >= 15 is 4.39 Å². The number of methoxy groups -OCH3 is 1. The summed E-state index contributed by atoms with van der Waals surface area (Å²) in [5.74, 6) is -0.763. The fraction of sp³-hybridized carbons (Fsp3) is 0.509. The molecule has 3 aromatic carbocycles. The molecule has 5 aromatic rings. The lowest BCUT2D eigenvalue weighted by atomic mass is 9.70. The van der Waals surface area contributed by atoms with E-state index in [2.05, 4.69) is 67.9 Å². The molecule has 5 aliphatic rings. The van der Waals surface area contributed by atoms with E-state index in [-0.39, 0.29) is 82.6 Å². The molecule has 72 heavy (non-hydrogen) atoms. The van der Waals surface area contributed by atoms with Crippen molar-refractivity contribution >= 4 is 44.0 Å². The topological polar surface area (TPSA) is 211 Å². The molecule has 19 heteroatoms. The van der Waals surface area contributed by atoms with Crippen LogP contribution in [0.5, 0.6) is 23.1 Å². The SMILES string of the molecule is COCCOc1nc2[nH]cc(F)c2cc1Oc1cc(N2CCC3(CC2)CN([C@H]2CCC[C@H]2c2ccccc2C(C)C)C3)ccc1C(=O)NS(=O)(=O)c1cc2c(c([N+](=O)[O-])c1)N[C@@H]([C@H]1CC[C@](C)(O)CC1)CO2. The average molecular weight is 1010 g/mol. The van der Waals surface area contributed by atoms with Crippen LogP contribution < -0.4 is 29.1 Å². The summed E-state index contributed by atoms with van der Waals surface area (Å²) in [7, 11) is -3.26. The summed E-state index contributed by atoms with van der Waals surface area (Å²) in [6, 6.07) is 17.5. The number of nitrogens with zero attached hydrogens (tertiary/aromatic N) is 4. The molecule has 4 fully saturated rings. The highest BCUT2D eigenvalue weighted by Crippen LogP contribution is 2.50. The number of aliphatic hydroxyl groups is 1. The van der Waals surface area contributed by atoms with Crippen molar-refractivity contribution in [1.29, 1.82) is 0 Å². The fourth-order valence-electron chi connectivity index (χ4n) is 11.9. The number of aromatic nitrogens is 2. The second kappa shape index (κ2) is 19.8. The number of anilines is 2. The Hall–Kier alpha value is -6.02. The minimum atomic E-state index is -4.77. The van der Waals surface area contributed by atoms with Crippen molar-refractivity contribution in [1.82, 2.24) is 19.6 Å². The lowest BCUT2D eigenvalue weighted by Gasteiger charge is -2.57. The van der Waals surface area contributed by atoms with E-state index < -0.39 is 42.9 Å². The Balaban J connectivity index is 0.898. The molecule has 0 unspecified atom stereocenters. The van der Waals surface area contributed by atoms with Crippen molar-refractivity contribution in [2.45, 2.75) is 113 Å². The lowest BCUT2D eigenvalue weighted by Crippen LogP contribution is -2.63. The molecule has 17 nitrogen and oxygen atoms in total. The number of nitro benzene ring substituents is 1. The number of ether oxygens (including phenoxy) is 4. The van der Waals surface area contributed by atoms with Gasteiger partial charge in [-0.15, -0.1) is 0 Å². The molecule has 1 spiro atoms. The third kappa shape index (κ3) is 9.92. The van der Waals surface area contributed by atoms with Gasteiger partial charge in [0.05, 0.1) is 39.0 Å². The Morgan fingerprint density at radius 2 is 1.79 bits per heavy atom. The number of nitrogens with one attached hydrogen (secondary N) is 3. The number of pyridine rings is 1. The van der Waals surface area contributed by atoms with Gasteiger partial charge in [0.25, 0.3) is 27.5 Å². The predicted octanol–water partition coefficient (Wildman–Crippen LogP) is 9.02. The molecule has 384 valence electrons. The first-order chi connectivity index (χ1) is 34.5. The maximum absolute atomic E-state index is 15.0. The van der Waals surface area contributed by atoms with E-state index in [1.807, 2.05) is 0 Å². The Labute approximate surface area is 419 Å². The standard InChI is InChI=1S/C53H64FN7O10S/c1-32(2)36-8-5-6-9-37(36)38-10-7-11-43(38)60-30-53(31-60)18-20-59(21-19-53)34-12-13-39(45(24-34)71-47-27-40-41(54)28-55-49(40)57-51(47)69-23-22-68-4)50(62)58-72(66,67)35-25-44(61(64)65)48-46(26-35)70-29-42(56-48)33-14-16-52(3,63)17-15-33/h5-6,8-9,12-13,24-28,32-33,38,42-43,56,63H,7,10-11,14-23,29-31H2,1-4H3,(H,55,57)(H,58,62)/t33-,38-,42+,43-,52-/m0/s1. The van der Waals surface area contributed by atoms with E-state index in [0.29, 0.717) is 43.6 Å². The van der Waals surface area contributed by atoms with E-state index in [1.54, 1.807) is 19.1 Å². The van der Waals surface area contributed by atoms with Crippen molar-refractivity contribution in [2.24, 2.45) is 11.3 Å². The molecule has 2 saturated heterocycles. The fourth-order valence-corrected chi connectivity index (χ4v) is 12.9. The van der Waals surface area contributed by atoms with Crippen molar-refractivity contribution in [3.05, 3.63) is 99.5 Å². The molecule has 3 atom stereocenters. The largest absolute Gasteiger partial charge is 0.489 e. The van der Waals surface area contributed by atoms with E-state index in [1.165, 1.54) is 49.6 Å². The molecule has 0 bridgehead atoms. The van der Waals surface area contributed by atoms with Gasteiger partial charge >= 0.3 is 0 Å². The Kier molecular flexibility index (Phi) is 13.6. The van der Waals surface area contributed by atoms with Gasteiger partial charge in [0.15, 0.2) is 17.2 Å². The summed E-state index contributed by atoms with van der Waals surface area (Å²) in [5.41, 5.74) is 2.61. The van der Waals surface area contributed by atoms with E-state index in [9.17, 15) is 28.4 Å². The highest BCUT2D eigenvalue weighted by molar-refractivity contribution is 7.90. The molecule has 3 aliphatic heterocycles. The maximum Gasteiger partial charge on any atom is 0.297 e. The molecule has 0 radical (unpaired) electrons. The first kappa shape index (κ1) is 49.6. The summed E-state index contributed by atoms with van der Waals surface area (Å²) < 4.78 is 68.9. The predicted molar refractivity (Wildman–Crippen MR) is 270 cm³/mol. The average Bonchev–Trinajstić information content (AvgIpc) is 3.98. The summed E-state index contributed by atoms with van der Waals surface area (Å²) in [4.78, 5) is 37.7. The summed E-state index contributed by atoms with van der Waals surface area (Å²) in [6.07, 6.45) is 9.23. The summed E-state index contributed by atoms with van der Waals surface area (Å²) in [5, 5.41) is 26.3. The first-order valence-corrected chi connectivity index (χ1v) is 26.7. The zero-order valence-corrected chi connectivity index (χ0v) is 42.1. The highest BCUT2D eigenvalue weighted by atomic mass is 32.2. The zero-order chi connectivity index (χ0) is 50.5. The molecule has 10 rings (SSSR count). The normalized spacial score (nSPS) is 24.1. The van der Waals surface area contributed by atoms with Gasteiger partial charge in [-0.1, -0.05) is 44.5 Å². The third-order valence-corrected chi connectivity index (χ3v) is 17.3. The van der Waals surface area contributed by atoms with Crippen LogP contribution in [0.1, 0.15) is 112 Å². The Bertz CT molecular complexity index is 2960. The lowest BCUT2D eigenvalue weighted by molar-refractivity contribution is -0.384. The van der Waals surface area contributed by atoms with Gasteiger partial charge in [0.1, 0.15) is 30.4 Å². The number of fused-ring (bicyclic) bond motifs is 2. The van der Waals surface area contributed by atoms with Gasteiger partial charge in [-0.3, -0.25) is 19.8 Å².